The van der Waals surface area contributed by atoms with E-state index in [1.165, 1.54) is 0 Å². The van der Waals surface area contributed by atoms with E-state index in [2.05, 4.69) is 5.32 Å². The number of benzene rings is 1. The van der Waals surface area contributed by atoms with Crippen molar-refractivity contribution in [3.8, 4) is 0 Å². The fraction of sp³-hybridized carbons (Fsp3) is 0.500. The van der Waals surface area contributed by atoms with E-state index in [0.717, 1.165) is 26.1 Å². The van der Waals surface area contributed by atoms with E-state index in [4.69, 9.17) is 0 Å². The van der Waals surface area contributed by atoms with Crippen LogP contribution in [0.15, 0.2) is 29.2 Å². The molecule has 1 aromatic carbocycles. The van der Waals surface area contributed by atoms with E-state index in [-0.39, 0.29) is 18.3 Å². The largest absolute Gasteiger partial charge is 0.338 e. The van der Waals surface area contributed by atoms with Gasteiger partial charge in [-0.25, -0.2) is 0 Å². The minimum absolute atomic E-state index is 0. The number of carbonyl (C=O) groups is 1. The van der Waals surface area contributed by atoms with Crippen LogP contribution in [0.4, 0.5) is 8.78 Å². The van der Waals surface area contributed by atoms with Gasteiger partial charge in [-0.2, -0.15) is 8.78 Å². The summed E-state index contributed by atoms with van der Waals surface area (Å²) < 4.78 is 24.4. The molecule has 1 saturated heterocycles. The molecule has 21 heavy (non-hydrogen) atoms. The molecule has 0 aliphatic carbocycles. The maximum Gasteiger partial charge on any atom is 0.288 e. The van der Waals surface area contributed by atoms with Crippen LogP contribution < -0.4 is 5.32 Å². The third-order valence-electron chi connectivity index (χ3n) is 3.39. The summed E-state index contributed by atoms with van der Waals surface area (Å²) in [6, 6.07) is 6.40. The first-order valence-corrected chi connectivity index (χ1v) is 7.47. The number of carbonyl (C=O) groups excluding carboxylic acids is 1. The van der Waals surface area contributed by atoms with Crippen LogP contribution in [0.3, 0.4) is 0 Å². The molecule has 0 spiro atoms. The highest BCUT2D eigenvalue weighted by Crippen LogP contribution is 2.26. The molecule has 1 amide bonds. The van der Waals surface area contributed by atoms with E-state index >= 15 is 0 Å². The normalized spacial score (nSPS) is 17.9. The summed E-state index contributed by atoms with van der Waals surface area (Å²) in [4.78, 5) is 14.6. The summed E-state index contributed by atoms with van der Waals surface area (Å²) in [5.41, 5.74) is 0.564. The van der Waals surface area contributed by atoms with Gasteiger partial charge in [0, 0.05) is 23.5 Å². The van der Waals surface area contributed by atoms with Gasteiger partial charge in [0.05, 0.1) is 0 Å². The molecule has 1 aliphatic heterocycles. The van der Waals surface area contributed by atoms with E-state index in [9.17, 15) is 13.6 Å². The fourth-order valence-corrected chi connectivity index (χ4v) is 2.93. The Bertz CT molecular complexity index is 459. The number of halogens is 3. The Labute approximate surface area is 133 Å². The summed E-state index contributed by atoms with van der Waals surface area (Å²) in [6.07, 6.45) is 1.01. The topological polar surface area (TPSA) is 32.3 Å². The number of likely N-dealkylation sites (tertiary alicyclic amines) is 1. The van der Waals surface area contributed by atoms with Crippen LogP contribution in [-0.4, -0.2) is 43.2 Å². The van der Waals surface area contributed by atoms with E-state index < -0.39 is 5.76 Å². The zero-order valence-corrected chi connectivity index (χ0v) is 13.4. The molecule has 1 atom stereocenters. The van der Waals surface area contributed by atoms with Crippen LogP contribution in [-0.2, 0) is 0 Å². The second kappa shape index (κ2) is 8.56. The second-order valence-corrected chi connectivity index (χ2v) is 5.93. The average Bonchev–Trinajstić information content (AvgIpc) is 2.87. The van der Waals surface area contributed by atoms with Gasteiger partial charge in [0.2, 0.25) is 0 Å². The molecule has 2 rings (SSSR count). The maximum absolute atomic E-state index is 12.3. The van der Waals surface area contributed by atoms with Crippen LogP contribution in [0.2, 0.25) is 0 Å². The predicted molar refractivity (Wildman–Crippen MR) is 83.5 cm³/mol. The smallest absolute Gasteiger partial charge is 0.288 e. The molecule has 1 aromatic rings. The zero-order valence-electron chi connectivity index (χ0n) is 11.7. The highest BCUT2D eigenvalue weighted by Gasteiger charge is 2.26. The lowest BCUT2D eigenvalue weighted by molar-refractivity contribution is 0.0787. The highest BCUT2D eigenvalue weighted by atomic mass is 35.5. The molecule has 0 bridgehead atoms. The first-order valence-electron chi connectivity index (χ1n) is 6.59. The average molecular weight is 337 g/mol. The number of alkyl halides is 2. The summed E-state index contributed by atoms with van der Waals surface area (Å²) in [5, 5.41) is 3.12. The first kappa shape index (κ1) is 18.2. The number of thioether (sulfide) groups is 1. The highest BCUT2D eigenvalue weighted by molar-refractivity contribution is 7.99. The third-order valence-corrected chi connectivity index (χ3v) is 4.11. The lowest BCUT2D eigenvalue weighted by Gasteiger charge is -2.16. The molecule has 0 radical (unpaired) electrons. The minimum atomic E-state index is -2.43. The van der Waals surface area contributed by atoms with Crippen LogP contribution in [0.1, 0.15) is 16.8 Å². The van der Waals surface area contributed by atoms with Crippen molar-refractivity contribution in [2.45, 2.75) is 17.1 Å². The number of nitrogens with one attached hydrogen (secondary N) is 1. The van der Waals surface area contributed by atoms with Gasteiger partial charge in [0.15, 0.2) is 0 Å². The lowest BCUT2D eigenvalue weighted by atomic mass is 10.1. The molecule has 1 heterocycles. The Kier molecular flexibility index (Phi) is 7.42. The van der Waals surface area contributed by atoms with Gasteiger partial charge in [-0.1, -0.05) is 11.8 Å². The van der Waals surface area contributed by atoms with Crippen molar-refractivity contribution in [1.29, 1.82) is 0 Å². The van der Waals surface area contributed by atoms with Gasteiger partial charge in [-0.15, -0.1) is 12.4 Å². The van der Waals surface area contributed by atoms with Crippen LogP contribution in [0.5, 0.6) is 0 Å². The van der Waals surface area contributed by atoms with Crippen LogP contribution in [0, 0.1) is 5.92 Å². The molecule has 1 N–H and O–H groups in total. The fourth-order valence-electron chi connectivity index (χ4n) is 2.43. The molecular formula is C14H19ClF2N2OS. The summed E-state index contributed by atoms with van der Waals surface area (Å²) >= 11 is 0.492. The molecule has 0 saturated carbocycles. The number of rotatable bonds is 5. The molecule has 1 fully saturated rings. The molecule has 118 valence electrons. The maximum atomic E-state index is 12.3. The van der Waals surface area contributed by atoms with Gasteiger partial charge < -0.3 is 10.2 Å². The first-order chi connectivity index (χ1) is 9.60. The van der Waals surface area contributed by atoms with E-state index in [1.54, 1.807) is 24.3 Å². The lowest BCUT2D eigenvalue weighted by Crippen LogP contribution is -2.30. The van der Waals surface area contributed by atoms with Crippen molar-refractivity contribution in [2.24, 2.45) is 5.92 Å². The summed E-state index contributed by atoms with van der Waals surface area (Å²) in [6.45, 7) is 2.43. The molecule has 1 unspecified atom stereocenters. The molecule has 1 aliphatic rings. The number of hydrogen-bond donors (Lipinski definition) is 1. The van der Waals surface area contributed by atoms with Crippen molar-refractivity contribution in [1.82, 2.24) is 10.2 Å². The molecular weight excluding hydrogens is 318 g/mol. The van der Waals surface area contributed by atoms with Gasteiger partial charge in [0.1, 0.15) is 0 Å². The zero-order chi connectivity index (χ0) is 14.5. The van der Waals surface area contributed by atoms with Gasteiger partial charge in [-0.3, -0.25) is 4.79 Å². The SMILES string of the molecule is CNCC1CCN(C(=O)c2ccc(SC(F)F)cc2)C1.Cl. The molecule has 7 heteroatoms. The van der Waals surface area contributed by atoms with Crippen molar-refractivity contribution >= 4 is 30.1 Å². The van der Waals surface area contributed by atoms with Gasteiger partial charge in [0.25, 0.3) is 11.7 Å². The molecule has 3 nitrogen and oxygen atoms in total. The number of nitrogens with zero attached hydrogens (tertiary/aromatic N) is 1. The van der Waals surface area contributed by atoms with Crippen molar-refractivity contribution in [3.63, 3.8) is 0 Å². The molecule has 0 aromatic heterocycles. The minimum Gasteiger partial charge on any atom is -0.338 e. The summed E-state index contributed by atoms with van der Waals surface area (Å²) in [7, 11) is 1.91. The van der Waals surface area contributed by atoms with Crippen LogP contribution in [0.25, 0.3) is 0 Å². The van der Waals surface area contributed by atoms with E-state index in [0.29, 0.717) is 28.1 Å². The van der Waals surface area contributed by atoms with Gasteiger partial charge >= 0.3 is 0 Å². The quantitative estimate of drug-likeness (QED) is 0.839. The standard InChI is InChI=1S/C14H18F2N2OS.ClH/c1-17-8-10-6-7-18(9-10)13(19)11-2-4-12(5-3-11)20-14(15)16;/h2-5,10,14,17H,6-9H2,1H3;1H. The van der Waals surface area contributed by atoms with Crippen molar-refractivity contribution in [3.05, 3.63) is 29.8 Å². The predicted octanol–water partition coefficient (Wildman–Crippen LogP) is 3.10. The van der Waals surface area contributed by atoms with E-state index in [1.807, 2.05) is 11.9 Å². The Morgan fingerprint density at radius 1 is 1.43 bits per heavy atom. The Morgan fingerprint density at radius 2 is 2.10 bits per heavy atom. The second-order valence-electron chi connectivity index (χ2n) is 4.87. The number of hydrogen-bond acceptors (Lipinski definition) is 3. The number of amides is 1. The van der Waals surface area contributed by atoms with Crippen molar-refractivity contribution in [2.75, 3.05) is 26.7 Å². The van der Waals surface area contributed by atoms with Crippen molar-refractivity contribution < 1.29 is 13.6 Å². The third kappa shape index (κ3) is 5.13. The monoisotopic (exact) mass is 336 g/mol. The van der Waals surface area contributed by atoms with Gasteiger partial charge in [-0.05, 0) is 50.2 Å². The Balaban J connectivity index is 0.00000220. The Morgan fingerprint density at radius 3 is 2.67 bits per heavy atom. The Hall–Kier alpha value is -0.850. The summed E-state index contributed by atoms with van der Waals surface area (Å²) in [5.74, 6) is -1.95. The van der Waals surface area contributed by atoms with Crippen LogP contribution >= 0.6 is 24.2 Å².